The van der Waals surface area contributed by atoms with Crippen LogP contribution in [0.3, 0.4) is 0 Å². The maximum atomic E-state index is 11.2. The number of hydrogen-bond donors (Lipinski definition) is 1. The summed E-state index contributed by atoms with van der Waals surface area (Å²) >= 11 is 6.65. The van der Waals surface area contributed by atoms with Gasteiger partial charge in [-0.3, -0.25) is 4.90 Å². The van der Waals surface area contributed by atoms with Crippen LogP contribution in [0.15, 0.2) is 71.8 Å². The van der Waals surface area contributed by atoms with Crippen molar-refractivity contribution in [2.24, 2.45) is 0 Å². The van der Waals surface area contributed by atoms with Crippen molar-refractivity contribution in [2.75, 3.05) is 13.2 Å². The van der Waals surface area contributed by atoms with Gasteiger partial charge in [0.05, 0.1) is 5.02 Å². The molecule has 1 aliphatic heterocycles. The van der Waals surface area contributed by atoms with E-state index in [1.165, 1.54) is 10.8 Å². The zero-order chi connectivity index (χ0) is 20.5. The monoisotopic (exact) mass is 417 g/mol. The van der Waals surface area contributed by atoms with Gasteiger partial charge in [-0.15, -0.1) is 0 Å². The fourth-order valence-electron chi connectivity index (χ4n) is 4.01. The minimum Gasteiger partial charge on any atom is -0.490 e. The van der Waals surface area contributed by atoms with E-state index in [1.54, 1.807) is 12.4 Å². The molecule has 1 N–H and O–H groups in total. The summed E-state index contributed by atoms with van der Waals surface area (Å²) in [6.07, 6.45) is 3.33. The number of benzene rings is 3. The van der Waals surface area contributed by atoms with E-state index in [2.05, 4.69) is 57.3 Å². The van der Waals surface area contributed by atoms with E-state index in [1.807, 2.05) is 12.1 Å². The number of H-pyrrole nitrogens is 1. The summed E-state index contributed by atoms with van der Waals surface area (Å²) in [6.45, 7) is 2.68. The number of nitrogens with zero attached hydrogens (tertiary/aromatic N) is 2. The van der Waals surface area contributed by atoms with Gasteiger partial charge in [-0.1, -0.05) is 54.1 Å². The molecule has 0 fully saturated rings. The first-order valence-corrected chi connectivity index (χ1v) is 10.2. The minimum atomic E-state index is -0.338. The van der Waals surface area contributed by atoms with Crippen molar-refractivity contribution in [3.05, 3.63) is 93.6 Å². The first-order valence-electron chi connectivity index (χ1n) is 9.87. The van der Waals surface area contributed by atoms with Crippen molar-refractivity contribution < 1.29 is 4.74 Å². The number of halogens is 1. The third-order valence-corrected chi connectivity index (χ3v) is 5.68. The molecule has 1 aliphatic rings. The standard InChI is InChI=1S/C24H20ClN3O2/c25-22-11-18(21-7-3-5-17-4-1-2-6-20(17)21)10-19-15-28(8-9-30-23(19)22)14-16-12-26-24(29)27-13-16/h1-7,10-13H,8-9,14-15H2,(H,26,27,29). The SMILES string of the molecule is O=c1ncc(CN2CCOc3c(Cl)cc(-c4cccc5ccccc45)cc3C2)c[nH]1. The number of aromatic nitrogens is 2. The Balaban J connectivity index is 1.52. The van der Waals surface area contributed by atoms with E-state index in [9.17, 15) is 4.79 Å². The van der Waals surface area contributed by atoms with Gasteiger partial charge in [0.2, 0.25) is 0 Å². The van der Waals surface area contributed by atoms with E-state index in [0.29, 0.717) is 24.7 Å². The van der Waals surface area contributed by atoms with Crippen molar-refractivity contribution in [1.29, 1.82) is 0 Å². The van der Waals surface area contributed by atoms with E-state index in [0.717, 1.165) is 34.5 Å². The summed E-state index contributed by atoms with van der Waals surface area (Å²) in [4.78, 5) is 19.9. The minimum absolute atomic E-state index is 0.338. The average molecular weight is 418 g/mol. The molecule has 0 saturated heterocycles. The number of hydrogen-bond acceptors (Lipinski definition) is 4. The third kappa shape index (κ3) is 3.70. The molecule has 0 radical (unpaired) electrons. The first kappa shape index (κ1) is 18.9. The first-order chi connectivity index (χ1) is 14.7. The van der Waals surface area contributed by atoms with Crippen molar-refractivity contribution in [3.63, 3.8) is 0 Å². The molecular weight excluding hydrogens is 398 g/mol. The Kier molecular flexibility index (Phi) is 4.99. The highest BCUT2D eigenvalue weighted by Gasteiger charge is 2.20. The number of nitrogens with one attached hydrogen (secondary N) is 1. The van der Waals surface area contributed by atoms with Gasteiger partial charge in [-0.05, 0) is 34.0 Å². The van der Waals surface area contributed by atoms with Crippen LogP contribution >= 0.6 is 11.6 Å². The molecule has 30 heavy (non-hydrogen) atoms. The van der Waals surface area contributed by atoms with Crippen LogP contribution in [0.1, 0.15) is 11.1 Å². The van der Waals surface area contributed by atoms with Crippen LogP contribution in [0.25, 0.3) is 21.9 Å². The van der Waals surface area contributed by atoms with E-state index < -0.39 is 0 Å². The van der Waals surface area contributed by atoms with Gasteiger partial charge < -0.3 is 9.72 Å². The topological polar surface area (TPSA) is 58.2 Å². The average Bonchev–Trinajstić information content (AvgIpc) is 2.97. The van der Waals surface area contributed by atoms with Gasteiger partial charge >= 0.3 is 5.69 Å². The Labute approximate surface area is 178 Å². The predicted octanol–water partition coefficient (Wildman–Crippen LogP) is 4.64. The summed E-state index contributed by atoms with van der Waals surface area (Å²) in [6, 6.07) is 18.8. The fourth-order valence-corrected chi connectivity index (χ4v) is 4.30. The second kappa shape index (κ2) is 7.94. The van der Waals surface area contributed by atoms with Crippen LogP contribution in [-0.2, 0) is 13.1 Å². The highest BCUT2D eigenvalue weighted by molar-refractivity contribution is 6.32. The molecule has 0 spiro atoms. The molecule has 2 heterocycles. The molecule has 0 amide bonds. The van der Waals surface area contributed by atoms with Crippen LogP contribution in [0, 0.1) is 0 Å². The van der Waals surface area contributed by atoms with E-state index in [-0.39, 0.29) is 5.69 Å². The van der Waals surface area contributed by atoms with Gasteiger partial charge in [0.1, 0.15) is 12.4 Å². The maximum absolute atomic E-state index is 11.2. The molecule has 0 bridgehead atoms. The Hall–Kier alpha value is -3.15. The number of rotatable bonds is 3. The Morgan fingerprint density at radius 1 is 1.13 bits per heavy atom. The highest BCUT2D eigenvalue weighted by atomic mass is 35.5. The van der Waals surface area contributed by atoms with Crippen LogP contribution in [-0.4, -0.2) is 28.0 Å². The number of ether oxygens (including phenoxy) is 1. The lowest BCUT2D eigenvalue weighted by Crippen LogP contribution is -2.26. The molecule has 6 heteroatoms. The molecule has 0 aliphatic carbocycles. The highest BCUT2D eigenvalue weighted by Crippen LogP contribution is 2.38. The molecule has 0 atom stereocenters. The summed E-state index contributed by atoms with van der Waals surface area (Å²) in [7, 11) is 0. The lowest BCUT2D eigenvalue weighted by atomic mass is 9.96. The molecule has 3 aromatic carbocycles. The van der Waals surface area contributed by atoms with Crippen molar-refractivity contribution >= 4 is 22.4 Å². The van der Waals surface area contributed by atoms with Gasteiger partial charge in [0, 0.05) is 43.2 Å². The largest absolute Gasteiger partial charge is 0.490 e. The molecule has 0 unspecified atom stereocenters. The van der Waals surface area contributed by atoms with Crippen LogP contribution in [0.2, 0.25) is 5.02 Å². The predicted molar refractivity (Wildman–Crippen MR) is 119 cm³/mol. The summed E-state index contributed by atoms with van der Waals surface area (Å²) in [5.41, 5.74) is 3.90. The van der Waals surface area contributed by atoms with Crippen LogP contribution in [0.4, 0.5) is 0 Å². The Bertz CT molecular complexity index is 1260. The fraction of sp³-hybridized carbons (Fsp3) is 0.167. The quantitative estimate of drug-likeness (QED) is 0.527. The lowest BCUT2D eigenvalue weighted by Gasteiger charge is -2.19. The lowest BCUT2D eigenvalue weighted by molar-refractivity contribution is 0.219. The van der Waals surface area contributed by atoms with Crippen LogP contribution < -0.4 is 10.4 Å². The summed E-state index contributed by atoms with van der Waals surface area (Å²) in [5, 5.41) is 3.02. The molecule has 0 saturated carbocycles. The molecule has 5 nitrogen and oxygen atoms in total. The normalized spacial score (nSPS) is 14.2. The van der Waals surface area contributed by atoms with Crippen molar-refractivity contribution in [2.45, 2.75) is 13.1 Å². The van der Waals surface area contributed by atoms with Gasteiger partial charge in [0.15, 0.2) is 0 Å². The van der Waals surface area contributed by atoms with Gasteiger partial charge in [0.25, 0.3) is 0 Å². The molecule has 5 rings (SSSR count). The van der Waals surface area contributed by atoms with Gasteiger partial charge in [-0.25, -0.2) is 9.78 Å². The van der Waals surface area contributed by atoms with E-state index >= 15 is 0 Å². The molecule has 4 aromatic rings. The van der Waals surface area contributed by atoms with E-state index in [4.69, 9.17) is 16.3 Å². The Morgan fingerprint density at radius 3 is 2.87 bits per heavy atom. The Morgan fingerprint density at radius 2 is 2.00 bits per heavy atom. The molecular formula is C24H20ClN3O2. The van der Waals surface area contributed by atoms with Crippen molar-refractivity contribution in [3.8, 4) is 16.9 Å². The zero-order valence-electron chi connectivity index (χ0n) is 16.3. The summed E-state index contributed by atoms with van der Waals surface area (Å²) in [5.74, 6) is 0.753. The molecule has 1 aromatic heterocycles. The van der Waals surface area contributed by atoms with Crippen LogP contribution in [0.5, 0.6) is 5.75 Å². The zero-order valence-corrected chi connectivity index (χ0v) is 17.0. The number of aromatic amines is 1. The smallest absolute Gasteiger partial charge is 0.344 e. The van der Waals surface area contributed by atoms with Gasteiger partial charge in [-0.2, -0.15) is 0 Å². The molecule has 150 valence electrons. The third-order valence-electron chi connectivity index (χ3n) is 5.40. The number of fused-ring (bicyclic) bond motifs is 2. The maximum Gasteiger partial charge on any atom is 0.344 e. The summed E-state index contributed by atoms with van der Waals surface area (Å²) < 4.78 is 6.00. The second-order valence-electron chi connectivity index (χ2n) is 7.46. The second-order valence-corrected chi connectivity index (χ2v) is 7.87. The van der Waals surface area contributed by atoms with Crippen molar-refractivity contribution in [1.82, 2.24) is 14.9 Å².